The summed E-state index contributed by atoms with van der Waals surface area (Å²) in [5.41, 5.74) is 3.04. The molecule has 2 aliphatic heterocycles. The van der Waals surface area contributed by atoms with Crippen molar-refractivity contribution < 1.29 is 14.3 Å². The first kappa shape index (κ1) is 21.1. The van der Waals surface area contributed by atoms with Gasteiger partial charge in [-0.25, -0.2) is 5.01 Å². The fourth-order valence-electron chi connectivity index (χ4n) is 4.00. The molecule has 0 fully saturated rings. The van der Waals surface area contributed by atoms with Gasteiger partial charge in [0, 0.05) is 27.6 Å². The fourth-order valence-corrected chi connectivity index (χ4v) is 4.68. The highest BCUT2D eigenvalue weighted by molar-refractivity contribution is 6.35. The molecule has 0 N–H and O–H groups in total. The van der Waals surface area contributed by atoms with Gasteiger partial charge in [-0.1, -0.05) is 46.9 Å². The molecule has 2 heterocycles. The molecule has 5 rings (SSSR count). The van der Waals surface area contributed by atoms with Crippen molar-refractivity contribution in [3.63, 3.8) is 0 Å². The van der Waals surface area contributed by atoms with Crippen LogP contribution in [-0.4, -0.2) is 29.8 Å². The van der Waals surface area contributed by atoms with Crippen molar-refractivity contribution in [3.05, 3.63) is 92.4 Å². The Kier molecular flexibility index (Phi) is 5.49. The monoisotopic (exact) mass is 486 g/mol. The van der Waals surface area contributed by atoms with Crippen molar-refractivity contribution in [2.24, 2.45) is 5.10 Å². The Labute approximate surface area is 200 Å². The van der Waals surface area contributed by atoms with Crippen molar-refractivity contribution in [2.75, 3.05) is 7.11 Å². The molecule has 0 aromatic heterocycles. The lowest BCUT2D eigenvalue weighted by Gasteiger charge is -2.37. The van der Waals surface area contributed by atoms with E-state index < -0.39 is 6.23 Å². The smallest absolute Gasteiger partial charge is 0.251 e. The minimum atomic E-state index is -0.968. The van der Waals surface area contributed by atoms with Gasteiger partial charge in [-0.2, -0.15) is 5.10 Å². The molecule has 32 heavy (non-hydrogen) atoms. The Balaban J connectivity index is 1.57. The highest BCUT2D eigenvalue weighted by atomic mass is 35.5. The van der Waals surface area contributed by atoms with Gasteiger partial charge < -0.3 is 9.47 Å². The molecule has 2 unspecified atom stereocenters. The van der Waals surface area contributed by atoms with Crippen LogP contribution in [0, 0.1) is 0 Å². The summed E-state index contributed by atoms with van der Waals surface area (Å²) >= 11 is 18.8. The number of hydrogen-bond acceptors (Lipinski definition) is 5. The van der Waals surface area contributed by atoms with Crippen LogP contribution in [0.15, 0.2) is 65.8 Å². The first-order chi connectivity index (χ1) is 15.4. The number of nitrogens with zero attached hydrogens (tertiary/aromatic N) is 2. The Morgan fingerprint density at radius 2 is 1.75 bits per heavy atom. The number of benzene rings is 3. The molecular weight excluding hydrogens is 471 g/mol. The van der Waals surface area contributed by atoms with E-state index in [0.717, 1.165) is 16.8 Å². The van der Waals surface area contributed by atoms with E-state index in [-0.39, 0.29) is 11.8 Å². The largest absolute Gasteiger partial charge is 0.497 e. The van der Waals surface area contributed by atoms with Gasteiger partial charge in [0.15, 0.2) is 0 Å². The molecule has 0 saturated heterocycles. The molecule has 8 heteroatoms. The summed E-state index contributed by atoms with van der Waals surface area (Å²) in [7, 11) is 1.58. The summed E-state index contributed by atoms with van der Waals surface area (Å²) in [6.07, 6.45) is -0.398. The van der Waals surface area contributed by atoms with Gasteiger partial charge in [-0.05, 0) is 54.1 Å². The number of halogens is 3. The fraction of sp³-hybridized carbons (Fsp3) is 0.167. The van der Waals surface area contributed by atoms with Crippen molar-refractivity contribution in [3.8, 4) is 11.5 Å². The second kappa shape index (κ2) is 8.32. The van der Waals surface area contributed by atoms with Gasteiger partial charge in [-0.3, -0.25) is 4.79 Å². The van der Waals surface area contributed by atoms with Crippen LogP contribution >= 0.6 is 34.8 Å². The molecule has 0 amide bonds. The number of hydrazone groups is 1. The number of hydrogen-bond donors (Lipinski definition) is 0. The second-order valence-corrected chi connectivity index (χ2v) is 8.80. The van der Waals surface area contributed by atoms with Gasteiger partial charge in [0.25, 0.3) is 6.23 Å². The summed E-state index contributed by atoms with van der Waals surface area (Å²) in [4.78, 5) is 13.5. The average molecular weight is 488 g/mol. The maximum Gasteiger partial charge on any atom is 0.251 e. The first-order valence-corrected chi connectivity index (χ1v) is 11.0. The molecule has 0 aliphatic carbocycles. The molecule has 0 bridgehead atoms. The number of rotatable bonds is 4. The van der Waals surface area contributed by atoms with Gasteiger partial charge in [0.05, 0.1) is 23.9 Å². The molecule has 2 aliphatic rings. The molecule has 3 aromatic rings. The normalized spacial score (nSPS) is 19.0. The van der Waals surface area contributed by atoms with Crippen LogP contribution in [0.1, 0.15) is 33.9 Å². The number of Topliss-reactive ketones (excluding diaryl/α,β-unsaturated/α-hetero) is 1. The molecular formula is C24H17Cl3N2O3. The predicted molar refractivity (Wildman–Crippen MR) is 125 cm³/mol. The minimum absolute atomic E-state index is 0.226. The van der Waals surface area contributed by atoms with Crippen LogP contribution in [0.25, 0.3) is 0 Å². The van der Waals surface area contributed by atoms with E-state index >= 15 is 0 Å². The van der Waals surface area contributed by atoms with Crippen molar-refractivity contribution in [1.29, 1.82) is 0 Å². The van der Waals surface area contributed by atoms with Crippen LogP contribution in [0.4, 0.5) is 0 Å². The van der Waals surface area contributed by atoms with E-state index in [2.05, 4.69) is 0 Å². The third-order valence-corrected chi connectivity index (χ3v) is 6.34. The zero-order valence-electron chi connectivity index (χ0n) is 16.9. The zero-order valence-corrected chi connectivity index (χ0v) is 19.2. The molecule has 3 aromatic carbocycles. The predicted octanol–water partition coefficient (Wildman–Crippen LogP) is 6.41. The topological polar surface area (TPSA) is 51.1 Å². The number of ketones is 1. The standard InChI is InChI=1S/C24H17Cl3N2O3/c1-31-17-8-4-14(5-9-17)22(30)24-29-21(18-10-16(26)11-19(27)23(18)32-24)12-20(28-29)13-2-6-15(25)7-3-13/h2-11,21,24H,12H2,1H3. The quantitative estimate of drug-likeness (QED) is 0.399. The number of methoxy groups -OCH3 is 1. The number of carbonyl (C=O) groups is 1. The van der Waals surface area contributed by atoms with Gasteiger partial charge >= 0.3 is 0 Å². The average Bonchev–Trinajstić information content (AvgIpc) is 3.24. The second-order valence-electron chi connectivity index (χ2n) is 7.52. The Hall–Kier alpha value is -2.73. The van der Waals surface area contributed by atoms with Crippen LogP contribution in [0.3, 0.4) is 0 Å². The molecule has 5 nitrogen and oxygen atoms in total. The SMILES string of the molecule is COc1ccc(C(=O)C2Oc3c(Cl)cc(Cl)cc3C3CC(c4ccc(Cl)cc4)=NN23)cc1. The lowest BCUT2D eigenvalue weighted by atomic mass is 9.95. The lowest BCUT2D eigenvalue weighted by molar-refractivity contribution is -0.00448. The minimum Gasteiger partial charge on any atom is -0.497 e. The summed E-state index contributed by atoms with van der Waals surface area (Å²) in [6, 6.07) is 17.5. The summed E-state index contributed by atoms with van der Waals surface area (Å²) in [5, 5.41) is 7.98. The summed E-state index contributed by atoms with van der Waals surface area (Å²) in [6.45, 7) is 0. The highest BCUT2D eigenvalue weighted by Crippen LogP contribution is 2.47. The molecule has 0 spiro atoms. The van der Waals surface area contributed by atoms with Crippen LogP contribution < -0.4 is 9.47 Å². The lowest BCUT2D eigenvalue weighted by Crippen LogP contribution is -2.46. The van der Waals surface area contributed by atoms with Crippen LogP contribution in [0.5, 0.6) is 11.5 Å². The van der Waals surface area contributed by atoms with Gasteiger partial charge in [0.1, 0.15) is 11.5 Å². The highest BCUT2D eigenvalue weighted by Gasteiger charge is 2.44. The van der Waals surface area contributed by atoms with E-state index in [4.69, 9.17) is 49.4 Å². The number of fused-ring (bicyclic) bond motifs is 3. The maximum absolute atomic E-state index is 13.5. The van der Waals surface area contributed by atoms with Gasteiger partial charge in [-0.15, -0.1) is 0 Å². The first-order valence-electron chi connectivity index (χ1n) is 9.90. The van der Waals surface area contributed by atoms with Crippen LogP contribution in [-0.2, 0) is 0 Å². The number of ether oxygens (including phenoxy) is 2. The van der Waals surface area contributed by atoms with E-state index in [0.29, 0.717) is 38.6 Å². The van der Waals surface area contributed by atoms with E-state index in [9.17, 15) is 4.79 Å². The third kappa shape index (κ3) is 3.71. The maximum atomic E-state index is 13.5. The van der Waals surface area contributed by atoms with E-state index in [1.165, 1.54) is 0 Å². The van der Waals surface area contributed by atoms with E-state index in [1.54, 1.807) is 42.5 Å². The van der Waals surface area contributed by atoms with Crippen molar-refractivity contribution >= 4 is 46.3 Å². The molecule has 2 atom stereocenters. The molecule has 162 valence electrons. The van der Waals surface area contributed by atoms with Crippen LogP contribution in [0.2, 0.25) is 15.1 Å². The number of carbonyl (C=O) groups excluding carboxylic acids is 1. The Bertz CT molecular complexity index is 1230. The molecule has 0 radical (unpaired) electrons. The summed E-state index contributed by atoms with van der Waals surface area (Å²) in [5.74, 6) is 0.892. The van der Waals surface area contributed by atoms with Crippen molar-refractivity contribution in [1.82, 2.24) is 5.01 Å². The molecule has 0 saturated carbocycles. The summed E-state index contributed by atoms with van der Waals surface area (Å²) < 4.78 is 11.3. The van der Waals surface area contributed by atoms with Crippen molar-refractivity contribution in [2.45, 2.75) is 18.7 Å². The zero-order chi connectivity index (χ0) is 22.4. The van der Waals surface area contributed by atoms with E-state index in [1.807, 2.05) is 30.3 Å². The Morgan fingerprint density at radius 1 is 1.03 bits per heavy atom. The van der Waals surface area contributed by atoms with Gasteiger partial charge in [0.2, 0.25) is 5.78 Å². The Morgan fingerprint density at radius 3 is 2.44 bits per heavy atom. The third-order valence-electron chi connectivity index (χ3n) is 5.58.